The van der Waals surface area contributed by atoms with Crippen molar-refractivity contribution in [3.63, 3.8) is 0 Å². The summed E-state index contributed by atoms with van der Waals surface area (Å²) in [6, 6.07) is 1.08. The van der Waals surface area contributed by atoms with Crippen LogP contribution in [0, 0.1) is 5.92 Å². The minimum absolute atomic E-state index is 0.452. The van der Waals surface area contributed by atoms with Crippen molar-refractivity contribution >= 4 is 5.91 Å². The molecule has 3 heteroatoms. The number of nitrogens with one attached hydrogen (secondary N) is 1. The lowest BCUT2D eigenvalue weighted by Gasteiger charge is -2.30. The van der Waals surface area contributed by atoms with E-state index in [1.165, 1.54) is 64.2 Å². The van der Waals surface area contributed by atoms with Gasteiger partial charge in [-0.05, 0) is 51.0 Å². The van der Waals surface area contributed by atoms with E-state index >= 15 is 0 Å². The summed E-state index contributed by atoms with van der Waals surface area (Å²) < 4.78 is 0. The first-order valence-corrected chi connectivity index (χ1v) is 8.87. The number of nitrogens with zero attached hydrogens (tertiary/aromatic N) is 1. The number of amides is 1. The summed E-state index contributed by atoms with van der Waals surface area (Å²) in [7, 11) is 0. The molecule has 3 nitrogen and oxygen atoms in total. The maximum atomic E-state index is 12.7. The smallest absolute Gasteiger partial charge is 0.223 e. The number of carbonyl (C=O) groups is 1. The molecule has 0 bridgehead atoms. The average Bonchev–Trinajstić information content (AvgIpc) is 3.07. The van der Waals surface area contributed by atoms with Crippen molar-refractivity contribution in [3.05, 3.63) is 0 Å². The molecular formula is C17H30N2O. The first-order chi connectivity index (χ1) is 9.84. The van der Waals surface area contributed by atoms with Crippen molar-refractivity contribution in [1.29, 1.82) is 0 Å². The van der Waals surface area contributed by atoms with Crippen molar-refractivity contribution in [2.75, 3.05) is 13.1 Å². The minimum atomic E-state index is 0.452. The van der Waals surface area contributed by atoms with E-state index in [2.05, 4.69) is 10.2 Å². The van der Waals surface area contributed by atoms with Gasteiger partial charge < -0.3 is 10.2 Å². The zero-order valence-corrected chi connectivity index (χ0v) is 12.8. The predicted octanol–water partition coefficient (Wildman–Crippen LogP) is 3.09. The van der Waals surface area contributed by atoms with Crippen molar-refractivity contribution in [1.82, 2.24) is 10.2 Å². The molecule has 0 aromatic carbocycles. The highest BCUT2D eigenvalue weighted by Gasteiger charge is 2.36. The van der Waals surface area contributed by atoms with Gasteiger partial charge in [-0.25, -0.2) is 0 Å². The SMILES string of the molecule is O=C(CC1CCCCCC1)N1CCCC1C1CCCN1. The van der Waals surface area contributed by atoms with E-state index in [1.54, 1.807) is 0 Å². The molecule has 114 valence electrons. The van der Waals surface area contributed by atoms with E-state index in [9.17, 15) is 4.79 Å². The van der Waals surface area contributed by atoms with Crippen LogP contribution >= 0.6 is 0 Å². The molecule has 0 aromatic heterocycles. The van der Waals surface area contributed by atoms with Crippen molar-refractivity contribution in [2.45, 2.75) is 82.7 Å². The van der Waals surface area contributed by atoms with Crippen LogP contribution in [-0.2, 0) is 4.79 Å². The van der Waals surface area contributed by atoms with E-state index in [1.807, 2.05) is 0 Å². The number of likely N-dealkylation sites (tertiary alicyclic amines) is 1. The standard InChI is InChI=1S/C17H30N2O/c20-17(13-14-7-3-1-2-4-8-14)19-12-6-10-16(19)15-9-5-11-18-15/h14-16,18H,1-13H2. The molecule has 2 aliphatic heterocycles. The molecule has 3 rings (SSSR count). The fourth-order valence-electron chi connectivity index (χ4n) is 4.49. The quantitative estimate of drug-likeness (QED) is 0.805. The third-order valence-electron chi connectivity index (χ3n) is 5.62. The van der Waals surface area contributed by atoms with Crippen LogP contribution in [0.25, 0.3) is 0 Å². The highest BCUT2D eigenvalue weighted by molar-refractivity contribution is 5.77. The van der Waals surface area contributed by atoms with Gasteiger partial charge >= 0.3 is 0 Å². The van der Waals surface area contributed by atoms with Crippen LogP contribution in [0.15, 0.2) is 0 Å². The summed E-state index contributed by atoms with van der Waals surface area (Å²) in [5.41, 5.74) is 0. The molecular weight excluding hydrogens is 248 g/mol. The van der Waals surface area contributed by atoms with Crippen molar-refractivity contribution in [2.24, 2.45) is 5.92 Å². The zero-order valence-electron chi connectivity index (χ0n) is 12.8. The number of hydrogen-bond donors (Lipinski definition) is 1. The molecule has 2 saturated heterocycles. The van der Waals surface area contributed by atoms with Crippen molar-refractivity contribution < 1.29 is 4.79 Å². The molecule has 1 amide bonds. The van der Waals surface area contributed by atoms with Crippen LogP contribution in [0.4, 0.5) is 0 Å². The van der Waals surface area contributed by atoms with E-state index in [4.69, 9.17) is 0 Å². The fourth-order valence-corrected chi connectivity index (χ4v) is 4.49. The third kappa shape index (κ3) is 3.36. The van der Waals surface area contributed by atoms with E-state index < -0.39 is 0 Å². The van der Waals surface area contributed by atoms with Crippen LogP contribution in [-0.4, -0.2) is 36.0 Å². The Kier molecular flexibility index (Phi) is 4.98. The molecule has 2 atom stereocenters. The van der Waals surface area contributed by atoms with Gasteiger partial charge in [-0.15, -0.1) is 0 Å². The van der Waals surface area contributed by atoms with Gasteiger partial charge in [0.15, 0.2) is 0 Å². The van der Waals surface area contributed by atoms with Crippen LogP contribution in [0.3, 0.4) is 0 Å². The summed E-state index contributed by atoms with van der Waals surface area (Å²) in [6.07, 6.45) is 13.8. The molecule has 1 N–H and O–H groups in total. The maximum absolute atomic E-state index is 12.7. The second-order valence-electron chi connectivity index (χ2n) is 7.06. The molecule has 2 heterocycles. The molecule has 1 aliphatic carbocycles. The van der Waals surface area contributed by atoms with E-state index in [0.717, 1.165) is 19.5 Å². The molecule has 0 aromatic rings. The second kappa shape index (κ2) is 6.93. The highest BCUT2D eigenvalue weighted by Crippen LogP contribution is 2.29. The van der Waals surface area contributed by atoms with Crippen LogP contribution < -0.4 is 5.32 Å². The Hall–Kier alpha value is -0.570. The van der Waals surface area contributed by atoms with Gasteiger partial charge in [-0.2, -0.15) is 0 Å². The first-order valence-electron chi connectivity index (χ1n) is 8.87. The Morgan fingerprint density at radius 2 is 1.75 bits per heavy atom. The Bertz CT molecular complexity index is 317. The Labute approximate surface area is 123 Å². The number of rotatable bonds is 3. The summed E-state index contributed by atoms with van der Waals surface area (Å²) in [5.74, 6) is 1.12. The summed E-state index contributed by atoms with van der Waals surface area (Å²) >= 11 is 0. The van der Waals surface area contributed by atoms with Gasteiger partial charge in [-0.3, -0.25) is 4.79 Å². The molecule has 3 aliphatic rings. The van der Waals surface area contributed by atoms with Gasteiger partial charge in [-0.1, -0.05) is 25.7 Å². The van der Waals surface area contributed by atoms with Gasteiger partial charge in [0.1, 0.15) is 0 Å². The van der Waals surface area contributed by atoms with Gasteiger partial charge in [0.2, 0.25) is 5.91 Å². The topological polar surface area (TPSA) is 32.3 Å². The molecule has 1 saturated carbocycles. The Morgan fingerprint density at radius 1 is 0.950 bits per heavy atom. The number of hydrogen-bond acceptors (Lipinski definition) is 2. The lowest BCUT2D eigenvalue weighted by Crippen LogP contribution is -2.46. The van der Waals surface area contributed by atoms with Gasteiger partial charge in [0.05, 0.1) is 0 Å². The first kappa shape index (κ1) is 14.4. The molecule has 0 radical (unpaired) electrons. The zero-order chi connectivity index (χ0) is 13.8. The fraction of sp³-hybridized carbons (Fsp3) is 0.941. The number of carbonyl (C=O) groups excluding carboxylic acids is 1. The Morgan fingerprint density at radius 3 is 2.45 bits per heavy atom. The van der Waals surface area contributed by atoms with Crippen LogP contribution in [0.5, 0.6) is 0 Å². The lowest BCUT2D eigenvalue weighted by atomic mass is 9.95. The molecule has 0 spiro atoms. The summed E-state index contributed by atoms with van der Waals surface area (Å²) in [6.45, 7) is 2.15. The second-order valence-corrected chi connectivity index (χ2v) is 7.06. The van der Waals surface area contributed by atoms with E-state index in [-0.39, 0.29) is 0 Å². The van der Waals surface area contributed by atoms with Crippen LogP contribution in [0.2, 0.25) is 0 Å². The normalized spacial score (nSPS) is 32.5. The molecule has 3 fully saturated rings. The Balaban J connectivity index is 1.54. The monoisotopic (exact) mass is 278 g/mol. The predicted molar refractivity (Wildman–Crippen MR) is 81.6 cm³/mol. The largest absolute Gasteiger partial charge is 0.338 e. The highest BCUT2D eigenvalue weighted by atomic mass is 16.2. The molecule has 20 heavy (non-hydrogen) atoms. The maximum Gasteiger partial charge on any atom is 0.223 e. The third-order valence-corrected chi connectivity index (χ3v) is 5.62. The van der Waals surface area contributed by atoms with Crippen molar-refractivity contribution in [3.8, 4) is 0 Å². The van der Waals surface area contributed by atoms with Gasteiger partial charge in [0.25, 0.3) is 0 Å². The van der Waals surface area contributed by atoms with Crippen LogP contribution in [0.1, 0.15) is 70.6 Å². The summed E-state index contributed by atoms with van der Waals surface area (Å²) in [4.78, 5) is 14.9. The minimum Gasteiger partial charge on any atom is -0.338 e. The summed E-state index contributed by atoms with van der Waals surface area (Å²) in [5, 5.41) is 3.60. The van der Waals surface area contributed by atoms with Gasteiger partial charge in [0, 0.05) is 25.0 Å². The van der Waals surface area contributed by atoms with E-state index in [0.29, 0.717) is 23.9 Å². The average molecular weight is 278 g/mol. The lowest BCUT2D eigenvalue weighted by molar-refractivity contribution is -0.133. The molecule has 2 unspecified atom stereocenters.